The lowest BCUT2D eigenvalue weighted by Gasteiger charge is -2.20. The van der Waals surface area contributed by atoms with Crippen molar-refractivity contribution in [2.24, 2.45) is 0 Å². The molecule has 1 saturated carbocycles. The zero-order chi connectivity index (χ0) is 9.60. The van der Waals surface area contributed by atoms with Gasteiger partial charge >= 0.3 is 0 Å². The normalized spacial score (nSPS) is 28.7. The highest BCUT2D eigenvalue weighted by Crippen LogP contribution is 2.45. The Bertz CT molecular complexity index is 431. The molecule has 0 amide bonds. The third-order valence-electron chi connectivity index (χ3n) is 3.46. The largest absolute Gasteiger partial charge is 0.298 e. The van der Waals surface area contributed by atoms with Crippen molar-refractivity contribution >= 4 is 11.9 Å². The average molecular weight is 184 g/mol. The zero-order valence-corrected chi connectivity index (χ0v) is 7.99. The predicted octanol–water partition coefficient (Wildman–Crippen LogP) is 2.70. The van der Waals surface area contributed by atoms with Gasteiger partial charge in [-0.05, 0) is 24.0 Å². The molecule has 3 rings (SSSR count). The monoisotopic (exact) mass is 184 g/mol. The van der Waals surface area contributed by atoms with E-state index in [-0.39, 0.29) is 5.41 Å². The molecule has 1 spiro atoms. The maximum absolute atomic E-state index is 11.9. The number of allylic oxidation sites excluding steroid dienone is 1. The van der Waals surface area contributed by atoms with Crippen LogP contribution in [0.15, 0.2) is 30.3 Å². The SMILES string of the molecule is O=C1CCC[C@@]12C=Cc1ccccc12. The molecular formula is C13H12O. The molecule has 2 aliphatic rings. The van der Waals surface area contributed by atoms with E-state index in [4.69, 9.17) is 0 Å². The van der Waals surface area contributed by atoms with E-state index in [1.807, 2.05) is 12.1 Å². The molecule has 0 saturated heterocycles. The Labute approximate surface area is 83.4 Å². The number of hydrogen-bond acceptors (Lipinski definition) is 1. The van der Waals surface area contributed by atoms with E-state index in [0.29, 0.717) is 5.78 Å². The number of rotatable bonds is 0. The summed E-state index contributed by atoms with van der Waals surface area (Å²) < 4.78 is 0. The minimum Gasteiger partial charge on any atom is -0.298 e. The lowest BCUT2D eigenvalue weighted by atomic mass is 9.80. The molecule has 1 aromatic carbocycles. The number of ketones is 1. The molecule has 0 heterocycles. The van der Waals surface area contributed by atoms with Crippen molar-refractivity contribution in [2.45, 2.75) is 24.7 Å². The second-order valence-electron chi connectivity index (χ2n) is 4.17. The minimum absolute atomic E-state index is 0.239. The average Bonchev–Trinajstić information content (AvgIpc) is 2.76. The van der Waals surface area contributed by atoms with Crippen molar-refractivity contribution in [3.8, 4) is 0 Å². The highest BCUT2D eigenvalue weighted by Gasteiger charge is 2.44. The van der Waals surface area contributed by atoms with Crippen molar-refractivity contribution in [3.63, 3.8) is 0 Å². The third-order valence-corrected chi connectivity index (χ3v) is 3.46. The van der Waals surface area contributed by atoms with Crippen LogP contribution >= 0.6 is 0 Å². The summed E-state index contributed by atoms with van der Waals surface area (Å²) in [6, 6.07) is 8.24. The summed E-state index contributed by atoms with van der Waals surface area (Å²) in [5, 5.41) is 0. The Morgan fingerprint density at radius 2 is 2.07 bits per heavy atom. The van der Waals surface area contributed by atoms with Crippen LogP contribution in [0.3, 0.4) is 0 Å². The van der Waals surface area contributed by atoms with Crippen LogP contribution in [0, 0.1) is 0 Å². The van der Waals surface area contributed by atoms with Crippen LogP contribution in [0.25, 0.3) is 6.08 Å². The van der Waals surface area contributed by atoms with Crippen molar-refractivity contribution in [1.82, 2.24) is 0 Å². The van der Waals surface area contributed by atoms with Gasteiger partial charge in [-0.2, -0.15) is 0 Å². The first-order valence-electron chi connectivity index (χ1n) is 5.15. The Hall–Kier alpha value is -1.37. The fourth-order valence-corrected chi connectivity index (χ4v) is 2.72. The van der Waals surface area contributed by atoms with Gasteiger partial charge in [0.05, 0.1) is 5.41 Å². The maximum Gasteiger partial charge on any atom is 0.147 e. The number of Topliss-reactive ketones (excluding diaryl/α,β-unsaturated/α-hetero) is 1. The molecule has 0 N–H and O–H groups in total. The fraction of sp³-hybridized carbons (Fsp3) is 0.308. The summed E-state index contributed by atoms with van der Waals surface area (Å²) in [5.74, 6) is 0.402. The van der Waals surface area contributed by atoms with Crippen LogP contribution in [0.5, 0.6) is 0 Å². The van der Waals surface area contributed by atoms with E-state index in [1.54, 1.807) is 0 Å². The van der Waals surface area contributed by atoms with Crippen LogP contribution < -0.4 is 0 Å². The molecular weight excluding hydrogens is 172 g/mol. The second kappa shape index (κ2) is 2.57. The van der Waals surface area contributed by atoms with Crippen LogP contribution in [-0.2, 0) is 10.2 Å². The summed E-state index contributed by atoms with van der Waals surface area (Å²) in [5.41, 5.74) is 2.21. The lowest BCUT2D eigenvalue weighted by Crippen LogP contribution is -2.26. The lowest BCUT2D eigenvalue weighted by molar-refractivity contribution is -0.120. The van der Waals surface area contributed by atoms with E-state index in [2.05, 4.69) is 24.3 Å². The number of fused-ring (bicyclic) bond motifs is 2. The van der Waals surface area contributed by atoms with Crippen molar-refractivity contribution in [1.29, 1.82) is 0 Å². The molecule has 2 aliphatic carbocycles. The summed E-state index contributed by atoms with van der Waals surface area (Å²) in [6.07, 6.45) is 6.99. The van der Waals surface area contributed by atoms with Gasteiger partial charge in [0.25, 0.3) is 0 Å². The first-order valence-corrected chi connectivity index (χ1v) is 5.15. The molecule has 0 radical (unpaired) electrons. The van der Waals surface area contributed by atoms with Gasteiger partial charge in [0.1, 0.15) is 5.78 Å². The molecule has 1 aromatic rings. The molecule has 0 unspecified atom stereocenters. The molecule has 1 heteroatoms. The van der Waals surface area contributed by atoms with Gasteiger partial charge in [-0.15, -0.1) is 0 Å². The van der Waals surface area contributed by atoms with Crippen molar-refractivity contribution < 1.29 is 4.79 Å². The Morgan fingerprint density at radius 1 is 1.21 bits per heavy atom. The van der Waals surface area contributed by atoms with Crippen LogP contribution in [0.4, 0.5) is 0 Å². The first-order chi connectivity index (χ1) is 6.83. The number of benzene rings is 1. The molecule has 0 aliphatic heterocycles. The summed E-state index contributed by atoms with van der Waals surface area (Å²) in [4.78, 5) is 11.9. The smallest absolute Gasteiger partial charge is 0.147 e. The molecule has 1 nitrogen and oxygen atoms in total. The van der Waals surface area contributed by atoms with Gasteiger partial charge in [0, 0.05) is 6.42 Å². The van der Waals surface area contributed by atoms with Crippen molar-refractivity contribution in [2.75, 3.05) is 0 Å². The number of carbonyl (C=O) groups excluding carboxylic acids is 1. The van der Waals surface area contributed by atoms with Gasteiger partial charge in [-0.3, -0.25) is 4.79 Å². The predicted molar refractivity (Wildman–Crippen MR) is 56.0 cm³/mol. The summed E-state index contributed by atoms with van der Waals surface area (Å²) in [6.45, 7) is 0. The number of carbonyl (C=O) groups is 1. The highest BCUT2D eigenvalue weighted by atomic mass is 16.1. The van der Waals surface area contributed by atoms with Crippen LogP contribution in [-0.4, -0.2) is 5.78 Å². The van der Waals surface area contributed by atoms with Gasteiger partial charge in [0.15, 0.2) is 0 Å². The molecule has 1 fully saturated rings. The fourth-order valence-electron chi connectivity index (χ4n) is 2.72. The van der Waals surface area contributed by atoms with Gasteiger partial charge in [-0.1, -0.05) is 36.4 Å². The number of hydrogen-bond donors (Lipinski definition) is 0. The van der Waals surface area contributed by atoms with Gasteiger partial charge in [-0.25, -0.2) is 0 Å². The molecule has 14 heavy (non-hydrogen) atoms. The minimum atomic E-state index is -0.239. The first kappa shape index (κ1) is 7.98. The van der Waals surface area contributed by atoms with E-state index < -0.39 is 0 Å². The summed E-state index contributed by atoms with van der Waals surface area (Å²) >= 11 is 0. The topological polar surface area (TPSA) is 17.1 Å². The van der Waals surface area contributed by atoms with E-state index in [1.165, 1.54) is 11.1 Å². The van der Waals surface area contributed by atoms with Crippen LogP contribution in [0.2, 0.25) is 0 Å². The Morgan fingerprint density at radius 3 is 2.86 bits per heavy atom. The van der Waals surface area contributed by atoms with E-state index in [0.717, 1.165) is 19.3 Å². The Balaban J connectivity index is 2.22. The molecule has 0 bridgehead atoms. The van der Waals surface area contributed by atoms with E-state index in [9.17, 15) is 4.79 Å². The van der Waals surface area contributed by atoms with E-state index >= 15 is 0 Å². The van der Waals surface area contributed by atoms with Gasteiger partial charge in [0.2, 0.25) is 0 Å². The van der Waals surface area contributed by atoms with Gasteiger partial charge < -0.3 is 0 Å². The molecule has 70 valence electrons. The molecule has 1 atom stereocenters. The maximum atomic E-state index is 11.9. The summed E-state index contributed by atoms with van der Waals surface area (Å²) in [7, 11) is 0. The third kappa shape index (κ3) is 0.822. The second-order valence-corrected chi connectivity index (χ2v) is 4.17. The quantitative estimate of drug-likeness (QED) is 0.606. The Kier molecular flexibility index (Phi) is 1.46. The molecule has 0 aromatic heterocycles. The zero-order valence-electron chi connectivity index (χ0n) is 7.99. The van der Waals surface area contributed by atoms with Crippen molar-refractivity contribution in [3.05, 3.63) is 41.5 Å². The highest BCUT2D eigenvalue weighted by molar-refractivity contribution is 5.98. The van der Waals surface area contributed by atoms with Crippen LogP contribution in [0.1, 0.15) is 30.4 Å². The standard InChI is InChI=1S/C13H12O/c14-12-6-3-8-13(12)9-7-10-4-1-2-5-11(10)13/h1-2,4-5,7,9H,3,6,8H2/t13-/m0/s1.